The average Bonchev–Trinajstić information content (AvgIpc) is 3.16. The van der Waals surface area contributed by atoms with Crippen LogP contribution in [0.15, 0.2) is 30.9 Å². The van der Waals surface area contributed by atoms with Crippen molar-refractivity contribution in [2.24, 2.45) is 23.2 Å². The Hall–Kier alpha value is -1.89. The van der Waals surface area contributed by atoms with Crippen molar-refractivity contribution in [3.8, 4) is 5.75 Å². The first-order chi connectivity index (χ1) is 16.2. The second kappa shape index (κ2) is 8.96. The van der Waals surface area contributed by atoms with Crippen molar-refractivity contribution in [1.82, 2.24) is 0 Å². The van der Waals surface area contributed by atoms with E-state index in [4.69, 9.17) is 14.2 Å². The molecular formula is C28H38O6. The Kier molecular flexibility index (Phi) is 6.28. The maximum Gasteiger partial charge on any atom is 0.303 e. The van der Waals surface area contributed by atoms with Gasteiger partial charge in [0.25, 0.3) is 0 Å². The number of esters is 1. The predicted molar refractivity (Wildman–Crippen MR) is 127 cm³/mol. The summed E-state index contributed by atoms with van der Waals surface area (Å²) in [4.78, 5) is 11.3. The second-order valence-corrected chi connectivity index (χ2v) is 11.1. The molecule has 5 unspecified atom stereocenters. The van der Waals surface area contributed by atoms with Crippen molar-refractivity contribution in [3.05, 3.63) is 42.0 Å². The fourth-order valence-corrected chi connectivity index (χ4v) is 7.65. The second-order valence-electron chi connectivity index (χ2n) is 11.1. The number of fused-ring (bicyclic) bond motifs is 5. The number of aliphatic hydroxyl groups is 2. The third-order valence-electron chi connectivity index (χ3n) is 9.39. The number of hydrogen-bond acceptors (Lipinski definition) is 6. The number of benzene rings is 1. The summed E-state index contributed by atoms with van der Waals surface area (Å²) < 4.78 is 16.9. The van der Waals surface area contributed by atoms with E-state index in [1.54, 1.807) is 6.92 Å². The zero-order valence-corrected chi connectivity index (χ0v) is 20.5. The lowest BCUT2D eigenvalue weighted by molar-refractivity contribution is -0.272. The summed E-state index contributed by atoms with van der Waals surface area (Å²) in [7, 11) is 0. The van der Waals surface area contributed by atoms with E-state index in [1.165, 1.54) is 50.2 Å². The number of ether oxygens (including phenoxy) is 3. The fraction of sp³-hybridized carbons (Fsp3) is 0.679. The first-order valence-electron chi connectivity index (χ1n) is 12.8. The van der Waals surface area contributed by atoms with Gasteiger partial charge in [-0.2, -0.15) is 0 Å². The van der Waals surface area contributed by atoms with Crippen LogP contribution >= 0.6 is 0 Å². The Morgan fingerprint density at radius 1 is 1.21 bits per heavy atom. The summed E-state index contributed by atoms with van der Waals surface area (Å²) in [6.07, 6.45) is 4.34. The number of hydrogen-bond donors (Lipinski definition) is 2. The molecular weight excluding hydrogens is 432 g/mol. The summed E-state index contributed by atoms with van der Waals surface area (Å²) in [5.74, 6) is 2.86. The molecule has 0 radical (unpaired) electrons. The van der Waals surface area contributed by atoms with Crippen molar-refractivity contribution in [3.63, 3.8) is 0 Å². The molecule has 1 aromatic rings. The normalized spacial score (nSPS) is 43.3. The summed E-state index contributed by atoms with van der Waals surface area (Å²) in [5, 5.41) is 21.0. The molecule has 0 amide bonds. The molecule has 0 spiro atoms. The molecule has 1 saturated heterocycles. The minimum absolute atomic E-state index is 0.402. The van der Waals surface area contributed by atoms with Gasteiger partial charge in [-0.25, -0.2) is 0 Å². The number of aliphatic hydroxyl groups excluding tert-OH is 2. The third kappa shape index (κ3) is 3.88. The summed E-state index contributed by atoms with van der Waals surface area (Å²) >= 11 is 0. The van der Waals surface area contributed by atoms with Gasteiger partial charge in [0.1, 0.15) is 18.0 Å². The number of rotatable bonds is 4. The van der Waals surface area contributed by atoms with Gasteiger partial charge in [0, 0.05) is 6.92 Å². The molecule has 1 heterocycles. The van der Waals surface area contributed by atoms with Crippen LogP contribution < -0.4 is 4.74 Å². The molecule has 1 aliphatic heterocycles. The van der Waals surface area contributed by atoms with Gasteiger partial charge in [-0.3, -0.25) is 4.79 Å². The fourth-order valence-electron chi connectivity index (χ4n) is 7.65. The number of carbonyl (C=O) groups excluding carboxylic acids is 1. The van der Waals surface area contributed by atoms with Crippen molar-refractivity contribution in [1.29, 1.82) is 0 Å². The van der Waals surface area contributed by atoms with Crippen molar-refractivity contribution in [2.75, 3.05) is 0 Å². The molecule has 186 valence electrons. The molecule has 2 N–H and O–H groups in total. The molecule has 3 aliphatic carbocycles. The van der Waals surface area contributed by atoms with Crippen LogP contribution in [0.1, 0.15) is 69.9 Å². The molecule has 6 nitrogen and oxygen atoms in total. The molecule has 5 rings (SSSR count). The van der Waals surface area contributed by atoms with E-state index < -0.39 is 36.7 Å². The molecule has 2 saturated carbocycles. The number of carbonyl (C=O) groups is 1. The van der Waals surface area contributed by atoms with Gasteiger partial charge in [0.05, 0.1) is 6.10 Å². The monoisotopic (exact) mass is 470 g/mol. The van der Waals surface area contributed by atoms with Crippen molar-refractivity contribution < 1.29 is 29.2 Å². The average molecular weight is 471 g/mol. The summed E-state index contributed by atoms with van der Waals surface area (Å²) in [6, 6.07) is 6.23. The van der Waals surface area contributed by atoms with E-state index in [9.17, 15) is 15.0 Å². The molecule has 1 aromatic carbocycles. The van der Waals surface area contributed by atoms with Gasteiger partial charge >= 0.3 is 5.97 Å². The zero-order chi connectivity index (χ0) is 24.2. The zero-order valence-electron chi connectivity index (χ0n) is 20.5. The first kappa shape index (κ1) is 23.8. The van der Waals surface area contributed by atoms with Crippen molar-refractivity contribution >= 4 is 5.97 Å². The molecule has 6 heteroatoms. The molecule has 0 bridgehead atoms. The predicted octanol–water partition coefficient (Wildman–Crippen LogP) is 4.12. The van der Waals surface area contributed by atoms with Crippen LogP contribution in [0.4, 0.5) is 0 Å². The third-order valence-corrected chi connectivity index (χ3v) is 9.39. The van der Waals surface area contributed by atoms with Gasteiger partial charge in [-0.05, 0) is 97.8 Å². The van der Waals surface area contributed by atoms with Gasteiger partial charge in [-0.15, -0.1) is 6.58 Å². The smallest absolute Gasteiger partial charge is 0.303 e. The largest absolute Gasteiger partial charge is 0.462 e. The van der Waals surface area contributed by atoms with Crippen molar-refractivity contribution in [2.45, 2.75) is 95.9 Å². The van der Waals surface area contributed by atoms with E-state index in [2.05, 4.69) is 31.7 Å². The van der Waals surface area contributed by atoms with Crippen LogP contribution in [-0.4, -0.2) is 46.9 Å². The quantitative estimate of drug-likeness (QED) is 0.509. The van der Waals surface area contributed by atoms with E-state index in [0.717, 1.165) is 18.3 Å². The maximum atomic E-state index is 11.3. The van der Waals surface area contributed by atoms with Gasteiger partial charge < -0.3 is 24.4 Å². The van der Waals surface area contributed by atoms with E-state index >= 15 is 0 Å². The van der Waals surface area contributed by atoms with Crippen LogP contribution in [-0.2, 0) is 20.7 Å². The lowest BCUT2D eigenvalue weighted by Gasteiger charge is -2.50. The Morgan fingerprint density at radius 2 is 2.00 bits per heavy atom. The molecule has 4 aliphatic rings. The first-order valence-corrected chi connectivity index (χ1v) is 12.8. The van der Waals surface area contributed by atoms with Gasteiger partial charge in [-0.1, -0.05) is 19.1 Å². The van der Waals surface area contributed by atoms with Gasteiger partial charge in [0.2, 0.25) is 6.29 Å². The molecule has 0 aromatic heterocycles. The Morgan fingerprint density at radius 3 is 2.74 bits per heavy atom. The summed E-state index contributed by atoms with van der Waals surface area (Å²) in [6.45, 7) is 9.59. The van der Waals surface area contributed by atoms with E-state index in [0.29, 0.717) is 23.0 Å². The van der Waals surface area contributed by atoms with Crippen LogP contribution in [0.3, 0.4) is 0 Å². The van der Waals surface area contributed by atoms with E-state index in [-0.39, 0.29) is 0 Å². The number of aryl methyl sites for hydroxylation is 1. The standard InChI is InChI=1S/C28H38O6/c1-5-18-7-11-23-22-9-6-17-14-19(8-10-20(17)21(22)12-13-28(18,23)4)34-27-25(31)24(30)26(15(2)32-27)33-16(3)29/h5,8,10,14-15,18,21-27,30-31H,1,6-7,9,11-13H2,2-4H3/t15?,18-,21+,22+,23-,24?,25?,26?,27?,28+/m0/s1. The highest BCUT2D eigenvalue weighted by molar-refractivity contribution is 5.66. The highest BCUT2D eigenvalue weighted by Crippen LogP contribution is 2.63. The number of allylic oxidation sites excluding steroid dienone is 1. The van der Waals surface area contributed by atoms with Crippen LogP contribution in [0.25, 0.3) is 0 Å². The van der Waals surface area contributed by atoms with Crippen LogP contribution in [0.2, 0.25) is 0 Å². The minimum atomic E-state index is -1.32. The van der Waals surface area contributed by atoms with Crippen LogP contribution in [0, 0.1) is 23.2 Å². The van der Waals surface area contributed by atoms with E-state index in [1.807, 2.05) is 6.07 Å². The highest BCUT2D eigenvalue weighted by Gasteiger charge is 2.54. The van der Waals surface area contributed by atoms with Crippen LogP contribution in [0.5, 0.6) is 5.75 Å². The highest BCUT2D eigenvalue weighted by atomic mass is 16.7. The Balaban J connectivity index is 1.30. The minimum Gasteiger partial charge on any atom is -0.462 e. The Bertz CT molecular complexity index is 945. The lowest BCUT2D eigenvalue weighted by Crippen LogP contribution is -2.59. The van der Waals surface area contributed by atoms with Gasteiger partial charge in [0.15, 0.2) is 6.10 Å². The molecule has 3 fully saturated rings. The topological polar surface area (TPSA) is 85.2 Å². The molecule has 34 heavy (non-hydrogen) atoms. The Labute approximate surface area is 202 Å². The lowest BCUT2D eigenvalue weighted by atomic mass is 9.54. The maximum absolute atomic E-state index is 11.3. The SMILES string of the molecule is C=C[C@H]1CC[C@H]2[C@@H]3CCc4cc(OC5OC(C)C(OC(C)=O)C(O)C5O)ccc4[C@H]3CC[C@]12C. The summed E-state index contributed by atoms with van der Waals surface area (Å²) in [5.41, 5.74) is 3.16. The molecule has 10 atom stereocenters.